The molecule has 2 aromatic carbocycles. The molecule has 0 bridgehead atoms. The molecule has 0 aliphatic carbocycles. The summed E-state index contributed by atoms with van der Waals surface area (Å²) in [4.78, 5) is 14.8. The Balaban J connectivity index is 1.51. The average molecular weight is 418 g/mol. The van der Waals surface area contributed by atoms with Gasteiger partial charge in [-0.2, -0.15) is 4.31 Å². The molecule has 0 spiro atoms. The number of halogens is 1. The Bertz CT molecular complexity index is 1150. The van der Waals surface area contributed by atoms with E-state index in [0.29, 0.717) is 18.8 Å². The molecule has 0 N–H and O–H groups in total. The summed E-state index contributed by atoms with van der Waals surface area (Å²) in [5, 5.41) is 1.21. The summed E-state index contributed by atoms with van der Waals surface area (Å²) in [6, 6.07) is 16.1. The quantitative estimate of drug-likeness (QED) is 0.658. The maximum atomic E-state index is 13.0. The number of aromatic nitrogens is 1. The minimum absolute atomic E-state index is 0.0894. The molecule has 146 valence electrons. The minimum Gasteiger partial charge on any atom is -0.340 e. The number of sulfonamides is 1. The Morgan fingerprint density at radius 2 is 1.61 bits per heavy atom. The molecular weight excluding hydrogens is 398 g/mol. The highest BCUT2D eigenvalue weighted by Gasteiger charge is 2.32. The summed E-state index contributed by atoms with van der Waals surface area (Å²) < 4.78 is 29.0. The van der Waals surface area contributed by atoms with Crippen LogP contribution in [0.5, 0.6) is 0 Å². The highest BCUT2D eigenvalue weighted by molar-refractivity contribution is 7.89. The Kier molecular flexibility index (Phi) is 4.91. The van der Waals surface area contributed by atoms with Gasteiger partial charge in [-0.05, 0) is 24.3 Å². The van der Waals surface area contributed by atoms with Crippen LogP contribution in [0, 0.1) is 0 Å². The van der Waals surface area contributed by atoms with Crippen LogP contribution in [-0.2, 0) is 17.1 Å². The van der Waals surface area contributed by atoms with Crippen LogP contribution in [0.3, 0.4) is 0 Å². The molecular formula is C20H20ClN3O3S. The summed E-state index contributed by atoms with van der Waals surface area (Å²) in [5.74, 6) is -0.0894. The van der Waals surface area contributed by atoms with Crippen LogP contribution in [0.4, 0.5) is 0 Å². The molecule has 0 radical (unpaired) electrons. The first-order chi connectivity index (χ1) is 13.4. The normalized spacial score (nSPS) is 15.9. The van der Waals surface area contributed by atoms with Crippen LogP contribution in [0.2, 0.25) is 5.02 Å². The number of benzene rings is 2. The van der Waals surface area contributed by atoms with Crippen molar-refractivity contribution < 1.29 is 13.2 Å². The number of hydrogen-bond acceptors (Lipinski definition) is 3. The smallest absolute Gasteiger partial charge is 0.270 e. The van der Waals surface area contributed by atoms with E-state index in [1.165, 1.54) is 10.4 Å². The molecule has 1 fully saturated rings. The van der Waals surface area contributed by atoms with Crippen molar-refractivity contribution in [3.8, 4) is 0 Å². The topological polar surface area (TPSA) is 62.6 Å². The Morgan fingerprint density at radius 1 is 0.964 bits per heavy atom. The molecule has 6 nitrogen and oxygen atoms in total. The summed E-state index contributed by atoms with van der Waals surface area (Å²) in [6.45, 7) is 1.15. The lowest BCUT2D eigenvalue weighted by atomic mass is 10.2. The predicted molar refractivity (Wildman–Crippen MR) is 109 cm³/mol. The van der Waals surface area contributed by atoms with E-state index in [-0.39, 0.29) is 28.9 Å². The second-order valence-corrected chi connectivity index (χ2v) is 9.09. The third kappa shape index (κ3) is 3.19. The standard InChI is InChI=1S/C20H20ClN3O3S/c1-22-17-8-4-2-6-15(17)14-18(22)20(25)23-10-12-24(13-11-23)28(26,27)19-9-5-3-7-16(19)21/h2-9,14H,10-13H2,1H3. The molecule has 3 aromatic rings. The SMILES string of the molecule is Cn1c(C(=O)N2CCN(S(=O)(=O)c3ccccc3Cl)CC2)cc2ccccc21. The zero-order valence-electron chi connectivity index (χ0n) is 15.4. The zero-order chi connectivity index (χ0) is 19.9. The van der Waals surface area contributed by atoms with E-state index in [4.69, 9.17) is 11.6 Å². The van der Waals surface area contributed by atoms with Gasteiger partial charge in [0.1, 0.15) is 10.6 Å². The minimum atomic E-state index is -3.68. The number of fused-ring (bicyclic) bond motifs is 1. The van der Waals surface area contributed by atoms with Crippen molar-refractivity contribution in [3.63, 3.8) is 0 Å². The lowest BCUT2D eigenvalue weighted by molar-refractivity contribution is 0.0688. The van der Waals surface area contributed by atoms with Crippen molar-refractivity contribution in [2.24, 2.45) is 7.05 Å². The number of nitrogens with zero attached hydrogens (tertiary/aromatic N) is 3. The molecule has 2 heterocycles. The third-order valence-corrected chi connectivity index (χ3v) is 7.55. The summed E-state index contributed by atoms with van der Waals surface area (Å²) >= 11 is 6.07. The molecule has 1 aromatic heterocycles. The van der Waals surface area contributed by atoms with E-state index in [0.717, 1.165) is 10.9 Å². The Labute approximate surface area is 169 Å². The van der Waals surface area contributed by atoms with Gasteiger partial charge in [0, 0.05) is 44.1 Å². The van der Waals surface area contributed by atoms with Crippen molar-refractivity contribution in [1.82, 2.24) is 13.8 Å². The van der Waals surface area contributed by atoms with E-state index < -0.39 is 10.0 Å². The van der Waals surface area contributed by atoms with Gasteiger partial charge in [0.25, 0.3) is 5.91 Å². The molecule has 0 saturated carbocycles. The first-order valence-corrected chi connectivity index (χ1v) is 10.8. The maximum absolute atomic E-state index is 13.0. The van der Waals surface area contributed by atoms with Crippen LogP contribution in [0.15, 0.2) is 59.5 Å². The van der Waals surface area contributed by atoms with Crippen LogP contribution < -0.4 is 0 Å². The van der Waals surface area contributed by atoms with Crippen molar-refractivity contribution in [2.45, 2.75) is 4.90 Å². The van der Waals surface area contributed by atoms with Crippen molar-refractivity contribution in [3.05, 3.63) is 65.3 Å². The van der Waals surface area contributed by atoms with Crippen LogP contribution in [0.1, 0.15) is 10.5 Å². The fourth-order valence-electron chi connectivity index (χ4n) is 3.58. The first kappa shape index (κ1) is 19.0. The largest absolute Gasteiger partial charge is 0.340 e. The van der Waals surface area contributed by atoms with Gasteiger partial charge in [-0.3, -0.25) is 4.79 Å². The average Bonchev–Trinajstić information content (AvgIpc) is 3.04. The highest BCUT2D eigenvalue weighted by Crippen LogP contribution is 2.26. The van der Waals surface area contributed by atoms with Gasteiger partial charge in [-0.15, -0.1) is 0 Å². The van der Waals surface area contributed by atoms with E-state index >= 15 is 0 Å². The maximum Gasteiger partial charge on any atom is 0.270 e. The molecule has 0 unspecified atom stereocenters. The molecule has 1 amide bonds. The highest BCUT2D eigenvalue weighted by atomic mass is 35.5. The number of aryl methyl sites for hydroxylation is 1. The fraction of sp³-hybridized carbons (Fsp3) is 0.250. The van der Waals surface area contributed by atoms with E-state index in [1.54, 1.807) is 23.1 Å². The van der Waals surface area contributed by atoms with Crippen LogP contribution in [0.25, 0.3) is 10.9 Å². The van der Waals surface area contributed by atoms with Crippen molar-refractivity contribution in [2.75, 3.05) is 26.2 Å². The zero-order valence-corrected chi connectivity index (χ0v) is 16.9. The molecule has 1 saturated heterocycles. The number of hydrogen-bond donors (Lipinski definition) is 0. The third-order valence-electron chi connectivity index (χ3n) is 5.15. The van der Waals surface area contributed by atoms with Gasteiger partial charge in [-0.25, -0.2) is 8.42 Å². The van der Waals surface area contributed by atoms with Gasteiger partial charge in [0.05, 0.1) is 5.02 Å². The van der Waals surface area contributed by atoms with Crippen molar-refractivity contribution in [1.29, 1.82) is 0 Å². The number of piperazine rings is 1. The fourth-order valence-corrected chi connectivity index (χ4v) is 5.50. The molecule has 0 atom stereocenters. The van der Waals surface area contributed by atoms with E-state index in [1.807, 2.05) is 41.9 Å². The monoisotopic (exact) mass is 417 g/mol. The van der Waals surface area contributed by atoms with Crippen LogP contribution >= 0.6 is 11.6 Å². The van der Waals surface area contributed by atoms with E-state index in [9.17, 15) is 13.2 Å². The summed E-state index contributed by atoms with van der Waals surface area (Å²) in [7, 11) is -1.81. The Morgan fingerprint density at radius 3 is 2.29 bits per heavy atom. The van der Waals surface area contributed by atoms with E-state index in [2.05, 4.69) is 0 Å². The Hall–Kier alpha value is -2.35. The number of rotatable bonds is 3. The number of amides is 1. The summed E-state index contributed by atoms with van der Waals surface area (Å²) in [5.41, 5.74) is 1.59. The molecule has 1 aliphatic heterocycles. The second-order valence-electron chi connectivity index (χ2n) is 6.77. The van der Waals surface area contributed by atoms with Gasteiger partial charge in [-0.1, -0.05) is 41.9 Å². The second kappa shape index (κ2) is 7.24. The molecule has 8 heteroatoms. The summed E-state index contributed by atoms with van der Waals surface area (Å²) in [6.07, 6.45) is 0. The lowest BCUT2D eigenvalue weighted by Gasteiger charge is -2.34. The van der Waals surface area contributed by atoms with Crippen LogP contribution in [-0.4, -0.2) is 54.3 Å². The predicted octanol–water partition coefficient (Wildman–Crippen LogP) is 2.98. The van der Waals surface area contributed by atoms with Gasteiger partial charge < -0.3 is 9.47 Å². The van der Waals surface area contributed by atoms with Gasteiger partial charge >= 0.3 is 0 Å². The number of carbonyl (C=O) groups is 1. The number of para-hydroxylation sites is 1. The molecule has 1 aliphatic rings. The van der Waals surface area contributed by atoms with Crippen molar-refractivity contribution >= 4 is 38.4 Å². The molecule has 4 rings (SSSR count). The van der Waals surface area contributed by atoms with Gasteiger partial charge in [0.15, 0.2) is 0 Å². The number of carbonyl (C=O) groups excluding carboxylic acids is 1. The first-order valence-electron chi connectivity index (χ1n) is 8.98. The molecule has 28 heavy (non-hydrogen) atoms. The lowest BCUT2D eigenvalue weighted by Crippen LogP contribution is -2.50. The van der Waals surface area contributed by atoms with Gasteiger partial charge in [0.2, 0.25) is 10.0 Å².